The van der Waals surface area contributed by atoms with Crippen molar-refractivity contribution >= 4 is 39.1 Å². The summed E-state index contributed by atoms with van der Waals surface area (Å²) in [6.07, 6.45) is 0. The van der Waals surface area contributed by atoms with Gasteiger partial charge in [-0.2, -0.15) is 0 Å². The molecule has 0 atom stereocenters. The van der Waals surface area contributed by atoms with Crippen LogP contribution in [-0.4, -0.2) is 33.3 Å². The minimum absolute atomic E-state index is 0.112. The minimum Gasteiger partial charge on any atom is -0.350 e. The molecule has 0 bridgehead atoms. The zero-order valence-corrected chi connectivity index (χ0v) is 19.1. The van der Waals surface area contributed by atoms with Gasteiger partial charge in [-0.3, -0.25) is 14.3 Å². The highest BCUT2D eigenvalue weighted by atomic mass is 35.5. The van der Waals surface area contributed by atoms with E-state index in [2.05, 4.69) is 15.4 Å². The molecule has 2 amide bonds. The van der Waals surface area contributed by atoms with Gasteiger partial charge in [0, 0.05) is 34.9 Å². The largest absolute Gasteiger partial charge is 0.350 e. The second-order valence-corrected chi connectivity index (χ2v) is 9.23. The number of rotatable bonds is 8. The van der Waals surface area contributed by atoms with Crippen LogP contribution in [-0.2, 0) is 10.0 Å². The van der Waals surface area contributed by atoms with E-state index in [1.165, 1.54) is 30.3 Å². The summed E-state index contributed by atoms with van der Waals surface area (Å²) in [7, 11) is -3.99. The highest BCUT2D eigenvalue weighted by Gasteiger charge is 2.18. The third-order valence-corrected chi connectivity index (χ3v) is 6.29. The zero-order valence-electron chi connectivity index (χ0n) is 17.6. The van der Waals surface area contributed by atoms with E-state index < -0.39 is 21.7 Å². The van der Waals surface area contributed by atoms with Gasteiger partial charge in [0.2, 0.25) is 0 Å². The molecule has 0 fully saturated rings. The van der Waals surface area contributed by atoms with Gasteiger partial charge in [0.1, 0.15) is 5.82 Å². The molecule has 0 spiro atoms. The number of aryl methyl sites for hydroxylation is 1. The molecule has 3 aromatic carbocycles. The van der Waals surface area contributed by atoms with Crippen LogP contribution in [0.4, 0.5) is 10.1 Å². The lowest BCUT2D eigenvalue weighted by Gasteiger charge is -2.12. The summed E-state index contributed by atoms with van der Waals surface area (Å²) in [5.41, 5.74) is 1.40. The Labute approximate surface area is 196 Å². The van der Waals surface area contributed by atoms with Gasteiger partial charge in [-0.25, -0.2) is 12.8 Å². The molecule has 0 aliphatic rings. The number of amides is 2. The van der Waals surface area contributed by atoms with E-state index in [1.807, 2.05) is 0 Å². The van der Waals surface area contributed by atoms with Crippen LogP contribution in [0.1, 0.15) is 26.3 Å². The molecule has 0 aromatic heterocycles. The van der Waals surface area contributed by atoms with Crippen molar-refractivity contribution in [1.82, 2.24) is 10.6 Å². The van der Waals surface area contributed by atoms with Crippen LogP contribution in [0.2, 0.25) is 5.02 Å². The molecule has 3 rings (SSSR count). The summed E-state index contributed by atoms with van der Waals surface area (Å²) in [6, 6.07) is 15.4. The molecule has 0 unspecified atom stereocenters. The zero-order chi connectivity index (χ0) is 24.0. The number of hydrogen-bond donors (Lipinski definition) is 3. The Balaban J connectivity index is 1.61. The molecule has 7 nitrogen and oxygen atoms in total. The number of hydrogen-bond acceptors (Lipinski definition) is 4. The molecule has 172 valence electrons. The number of sulfonamides is 1. The van der Waals surface area contributed by atoms with Gasteiger partial charge in [-0.15, -0.1) is 0 Å². The molecule has 3 aromatic rings. The monoisotopic (exact) mass is 489 g/mol. The number of anilines is 1. The number of benzene rings is 3. The van der Waals surface area contributed by atoms with E-state index >= 15 is 0 Å². The fourth-order valence-corrected chi connectivity index (χ4v) is 4.11. The van der Waals surface area contributed by atoms with Gasteiger partial charge in [-0.05, 0) is 73.2 Å². The van der Waals surface area contributed by atoms with Crippen LogP contribution in [0.3, 0.4) is 0 Å². The van der Waals surface area contributed by atoms with Crippen molar-refractivity contribution in [3.05, 3.63) is 94.3 Å². The SMILES string of the molecule is Cc1ccc(S(=O)(=O)Nc2ccc(F)cc2)cc1C(=O)NCCNC(=O)c1ccc(Cl)cc1. The summed E-state index contributed by atoms with van der Waals surface area (Å²) in [5, 5.41) is 5.86. The van der Waals surface area contributed by atoms with Gasteiger partial charge in [0.15, 0.2) is 0 Å². The lowest BCUT2D eigenvalue weighted by Crippen LogP contribution is -2.35. The van der Waals surface area contributed by atoms with Gasteiger partial charge < -0.3 is 10.6 Å². The summed E-state index contributed by atoms with van der Waals surface area (Å²) >= 11 is 5.80. The highest BCUT2D eigenvalue weighted by molar-refractivity contribution is 7.92. The van der Waals surface area contributed by atoms with Crippen molar-refractivity contribution < 1.29 is 22.4 Å². The normalized spacial score (nSPS) is 11.0. The third kappa shape index (κ3) is 6.53. The molecule has 0 heterocycles. The lowest BCUT2D eigenvalue weighted by atomic mass is 10.1. The van der Waals surface area contributed by atoms with Gasteiger partial charge in [0.05, 0.1) is 4.90 Å². The van der Waals surface area contributed by atoms with E-state index in [9.17, 15) is 22.4 Å². The van der Waals surface area contributed by atoms with E-state index in [0.717, 1.165) is 12.1 Å². The molecule has 33 heavy (non-hydrogen) atoms. The van der Waals surface area contributed by atoms with Crippen LogP contribution in [0, 0.1) is 12.7 Å². The number of carbonyl (C=O) groups excluding carboxylic acids is 2. The molecule has 0 aliphatic heterocycles. The Morgan fingerprint density at radius 2 is 1.48 bits per heavy atom. The van der Waals surface area contributed by atoms with Crippen LogP contribution in [0.25, 0.3) is 0 Å². The van der Waals surface area contributed by atoms with Crippen molar-refractivity contribution in [2.24, 2.45) is 0 Å². The fourth-order valence-electron chi connectivity index (χ4n) is 2.90. The maximum absolute atomic E-state index is 13.1. The fraction of sp³-hybridized carbons (Fsp3) is 0.130. The Hall–Kier alpha value is -3.43. The topological polar surface area (TPSA) is 104 Å². The van der Waals surface area contributed by atoms with Crippen LogP contribution in [0.15, 0.2) is 71.6 Å². The Bertz CT molecular complexity index is 1260. The van der Waals surface area contributed by atoms with Crippen LogP contribution >= 0.6 is 11.6 Å². The van der Waals surface area contributed by atoms with Crippen LogP contribution < -0.4 is 15.4 Å². The molecule has 0 radical (unpaired) electrons. The van der Waals surface area contributed by atoms with E-state index in [-0.39, 0.29) is 35.1 Å². The standard InChI is InChI=1S/C23H21ClFN3O4S/c1-15-2-11-20(33(31,32)28-19-9-7-18(25)8-10-19)14-21(15)23(30)27-13-12-26-22(29)16-3-5-17(24)6-4-16/h2-11,14,28H,12-13H2,1H3,(H,26,29)(H,27,30). The minimum atomic E-state index is -3.99. The van der Waals surface area contributed by atoms with Crippen molar-refractivity contribution in [1.29, 1.82) is 0 Å². The number of nitrogens with one attached hydrogen (secondary N) is 3. The maximum atomic E-state index is 13.1. The van der Waals surface area contributed by atoms with Crippen LogP contribution in [0.5, 0.6) is 0 Å². The highest BCUT2D eigenvalue weighted by Crippen LogP contribution is 2.19. The van der Waals surface area contributed by atoms with E-state index in [0.29, 0.717) is 16.1 Å². The smallest absolute Gasteiger partial charge is 0.261 e. The first kappa shape index (κ1) is 24.2. The Morgan fingerprint density at radius 3 is 2.12 bits per heavy atom. The van der Waals surface area contributed by atoms with E-state index in [1.54, 1.807) is 31.2 Å². The second-order valence-electron chi connectivity index (χ2n) is 7.11. The average Bonchev–Trinajstić information content (AvgIpc) is 2.78. The molecule has 3 N–H and O–H groups in total. The Kier molecular flexibility index (Phi) is 7.67. The second kappa shape index (κ2) is 10.5. The quantitative estimate of drug-likeness (QED) is 0.419. The first-order valence-electron chi connectivity index (χ1n) is 9.87. The van der Waals surface area contributed by atoms with Gasteiger partial charge >= 0.3 is 0 Å². The lowest BCUT2D eigenvalue weighted by molar-refractivity contribution is 0.0927. The molecule has 10 heteroatoms. The number of carbonyl (C=O) groups is 2. The number of halogens is 2. The first-order chi connectivity index (χ1) is 15.7. The summed E-state index contributed by atoms with van der Waals surface area (Å²) < 4.78 is 40.7. The molecule has 0 aliphatic carbocycles. The third-order valence-electron chi connectivity index (χ3n) is 4.66. The summed E-state index contributed by atoms with van der Waals surface area (Å²) in [4.78, 5) is 24.6. The predicted octanol–water partition coefficient (Wildman–Crippen LogP) is 3.75. The van der Waals surface area contributed by atoms with E-state index in [4.69, 9.17) is 11.6 Å². The summed E-state index contributed by atoms with van der Waals surface area (Å²) in [5.74, 6) is -1.28. The molecule has 0 saturated heterocycles. The van der Waals surface area contributed by atoms with Gasteiger partial charge in [0.25, 0.3) is 21.8 Å². The van der Waals surface area contributed by atoms with Crippen molar-refractivity contribution in [3.8, 4) is 0 Å². The van der Waals surface area contributed by atoms with Gasteiger partial charge in [-0.1, -0.05) is 17.7 Å². The maximum Gasteiger partial charge on any atom is 0.261 e. The Morgan fingerprint density at radius 1 is 0.879 bits per heavy atom. The molecular weight excluding hydrogens is 469 g/mol. The molecule has 0 saturated carbocycles. The average molecular weight is 490 g/mol. The predicted molar refractivity (Wildman–Crippen MR) is 125 cm³/mol. The van der Waals surface area contributed by atoms with Crippen molar-refractivity contribution in [2.45, 2.75) is 11.8 Å². The van der Waals surface area contributed by atoms with Crippen molar-refractivity contribution in [2.75, 3.05) is 17.8 Å². The summed E-state index contributed by atoms with van der Waals surface area (Å²) in [6.45, 7) is 2.00. The van der Waals surface area contributed by atoms with Crippen molar-refractivity contribution in [3.63, 3.8) is 0 Å². The first-order valence-corrected chi connectivity index (χ1v) is 11.7. The molecular formula is C23H21ClFN3O4S.